The Morgan fingerprint density at radius 1 is 0.269 bits per heavy atom. The van der Waals surface area contributed by atoms with Gasteiger partial charge in [-0.05, 0) is 77.0 Å². The lowest BCUT2D eigenvalue weighted by Crippen LogP contribution is -2.30. The lowest BCUT2D eigenvalue weighted by atomic mass is 10.0. The second kappa shape index (κ2) is 66.6. The highest BCUT2D eigenvalue weighted by molar-refractivity contribution is 5.71. The molecule has 6 heteroatoms. The molecule has 0 aliphatic heterocycles. The minimum absolute atomic E-state index is 0.0710. The average molecular weight is 1090 g/mol. The Labute approximate surface area is 485 Å². The monoisotopic (exact) mass is 1090 g/mol. The van der Waals surface area contributed by atoms with Gasteiger partial charge in [-0.25, -0.2) is 0 Å². The van der Waals surface area contributed by atoms with Crippen molar-refractivity contribution in [3.63, 3.8) is 0 Å². The maximum atomic E-state index is 12.9. The van der Waals surface area contributed by atoms with E-state index in [-0.39, 0.29) is 31.1 Å². The fraction of sp³-hybridized carbons (Fsp3) is 0.819. The Hall–Kier alpha value is -2.89. The molecular formula is C72H130O6. The van der Waals surface area contributed by atoms with Crippen LogP contribution in [0.1, 0.15) is 361 Å². The maximum absolute atomic E-state index is 12.9. The summed E-state index contributed by atoms with van der Waals surface area (Å²) in [4.78, 5) is 38.3. The molecule has 0 amide bonds. The van der Waals surface area contributed by atoms with Gasteiger partial charge in [0, 0.05) is 19.3 Å². The molecule has 0 rings (SSSR count). The molecule has 1 unspecified atom stereocenters. The van der Waals surface area contributed by atoms with Crippen LogP contribution in [-0.4, -0.2) is 37.2 Å². The summed E-state index contributed by atoms with van der Waals surface area (Å²) in [6.07, 6.45) is 85.4. The number of hydrogen-bond donors (Lipinski definition) is 0. The third kappa shape index (κ3) is 63.9. The maximum Gasteiger partial charge on any atom is 0.306 e. The van der Waals surface area contributed by atoms with Crippen molar-refractivity contribution in [1.82, 2.24) is 0 Å². The van der Waals surface area contributed by atoms with Gasteiger partial charge in [0.25, 0.3) is 0 Å². The van der Waals surface area contributed by atoms with Crippen LogP contribution in [0.2, 0.25) is 0 Å². The van der Waals surface area contributed by atoms with Crippen LogP contribution >= 0.6 is 0 Å². The van der Waals surface area contributed by atoms with E-state index < -0.39 is 6.10 Å². The Morgan fingerprint density at radius 2 is 0.513 bits per heavy atom. The molecule has 0 bridgehead atoms. The Balaban J connectivity index is 4.12. The molecule has 0 aromatic carbocycles. The van der Waals surface area contributed by atoms with E-state index in [1.807, 2.05) is 0 Å². The highest BCUT2D eigenvalue weighted by Gasteiger charge is 2.19. The fourth-order valence-electron chi connectivity index (χ4n) is 10.1. The Kier molecular flexibility index (Phi) is 64.2. The number of esters is 3. The fourth-order valence-corrected chi connectivity index (χ4v) is 10.1. The summed E-state index contributed by atoms with van der Waals surface area (Å²) < 4.78 is 16.9. The number of allylic oxidation sites excluding steroid dienone is 10. The summed E-state index contributed by atoms with van der Waals surface area (Å²) >= 11 is 0. The molecule has 0 saturated carbocycles. The van der Waals surface area contributed by atoms with E-state index >= 15 is 0 Å². The van der Waals surface area contributed by atoms with E-state index in [0.29, 0.717) is 19.3 Å². The van der Waals surface area contributed by atoms with Gasteiger partial charge in [0.1, 0.15) is 13.2 Å². The summed E-state index contributed by atoms with van der Waals surface area (Å²) in [7, 11) is 0. The highest BCUT2D eigenvalue weighted by atomic mass is 16.6. The van der Waals surface area contributed by atoms with E-state index in [4.69, 9.17) is 14.2 Å². The molecule has 454 valence electrons. The average Bonchev–Trinajstić information content (AvgIpc) is 3.44. The van der Waals surface area contributed by atoms with Gasteiger partial charge in [-0.3, -0.25) is 14.4 Å². The Morgan fingerprint density at radius 3 is 0.833 bits per heavy atom. The predicted octanol–water partition coefficient (Wildman–Crippen LogP) is 23.5. The van der Waals surface area contributed by atoms with Crippen LogP contribution in [-0.2, 0) is 28.6 Å². The third-order valence-corrected chi connectivity index (χ3v) is 15.3. The smallest absolute Gasteiger partial charge is 0.306 e. The zero-order chi connectivity index (χ0) is 56.4. The molecule has 0 saturated heterocycles. The van der Waals surface area contributed by atoms with Gasteiger partial charge in [-0.15, -0.1) is 0 Å². The first-order chi connectivity index (χ1) is 38.5. The molecule has 0 fully saturated rings. The van der Waals surface area contributed by atoms with Crippen molar-refractivity contribution in [1.29, 1.82) is 0 Å². The first-order valence-corrected chi connectivity index (χ1v) is 34.3. The molecule has 1 atom stereocenters. The molecule has 78 heavy (non-hydrogen) atoms. The van der Waals surface area contributed by atoms with Crippen LogP contribution in [0, 0.1) is 0 Å². The zero-order valence-electron chi connectivity index (χ0n) is 52.2. The zero-order valence-corrected chi connectivity index (χ0v) is 52.2. The van der Waals surface area contributed by atoms with Crippen LogP contribution in [0.5, 0.6) is 0 Å². The van der Waals surface area contributed by atoms with Crippen LogP contribution in [0.3, 0.4) is 0 Å². The van der Waals surface area contributed by atoms with Gasteiger partial charge in [0.15, 0.2) is 6.10 Å². The predicted molar refractivity (Wildman–Crippen MR) is 339 cm³/mol. The van der Waals surface area contributed by atoms with E-state index in [1.165, 1.54) is 231 Å². The summed E-state index contributed by atoms with van der Waals surface area (Å²) in [5, 5.41) is 0. The normalized spacial score (nSPS) is 12.4. The molecule has 0 N–H and O–H groups in total. The molecule has 0 aromatic rings. The van der Waals surface area contributed by atoms with E-state index in [1.54, 1.807) is 0 Å². The van der Waals surface area contributed by atoms with E-state index in [9.17, 15) is 14.4 Å². The number of rotatable bonds is 63. The topological polar surface area (TPSA) is 78.9 Å². The number of carbonyl (C=O) groups is 3. The van der Waals surface area contributed by atoms with Crippen molar-refractivity contribution in [2.75, 3.05) is 13.2 Å². The molecule has 0 aliphatic rings. The van der Waals surface area contributed by atoms with Crippen LogP contribution in [0.4, 0.5) is 0 Å². The molecule has 0 spiro atoms. The largest absolute Gasteiger partial charge is 0.462 e. The molecule has 0 aliphatic carbocycles. The minimum atomic E-state index is -0.773. The van der Waals surface area contributed by atoms with Gasteiger partial charge in [0.2, 0.25) is 0 Å². The van der Waals surface area contributed by atoms with Crippen LogP contribution in [0.25, 0.3) is 0 Å². The molecular weight excluding hydrogens is 961 g/mol. The van der Waals surface area contributed by atoms with E-state index in [0.717, 1.165) is 89.9 Å². The summed E-state index contributed by atoms with van der Waals surface area (Å²) in [6.45, 7) is 6.54. The molecule has 6 nitrogen and oxygen atoms in total. The van der Waals surface area contributed by atoms with Crippen molar-refractivity contribution >= 4 is 17.9 Å². The number of unbranched alkanes of at least 4 members (excludes halogenated alkanes) is 42. The molecule has 0 radical (unpaired) electrons. The summed E-state index contributed by atoms with van der Waals surface area (Å²) in [5.41, 5.74) is 0. The third-order valence-electron chi connectivity index (χ3n) is 15.3. The first-order valence-electron chi connectivity index (χ1n) is 34.3. The highest BCUT2D eigenvalue weighted by Crippen LogP contribution is 2.18. The quantitative estimate of drug-likeness (QED) is 0.0261. The van der Waals surface area contributed by atoms with Gasteiger partial charge in [0.05, 0.1) is 0 Å². The van der Waals surface area contributed by atoms with Gasteiger partial charge >= 0.3 is 17.9 Å². The van der Waals surface area contributed by atoms with Crippen molar-refractivity contribution in [2.45, 2.75) is 367 Å². The second-order valence-electron chi connectivity index (χ2n) is 23.1. The van der Waals surface area contributed by atoms with Gasteiger partial charge in [-0.2, -0.15) is 0 Å². The number of carbonyl (C=O) groups excluding carboxylic acids is 3. The minimum Gasteiger partial charge on any atom is -0.462 e. The first kappa shape index (κ1) is 75.1. The lowest BCUT2D eigenvalue weighted by molar-refractivity contribution is -0.167. The van der Waals surface area contributed by atoms with Crippen molar-refractivity contribution in [2.24, 2.45) is 0 Å². The molecule has 0 heterocycles. The molecule has 0 aromatic heterocycles. The summed E-state index contributed by atoms with van der Waals surface area (Å²) in [6, 6.07) is 0. The van der Waals surface area contributed by atoms with Gasteiger partial charge < -0.3 is 14.2 Å². The van der Waals surface area contributed by atoms with E-state index in [2.05, 4.69) is 81.5 Å². The summed E-state index contributed by atoms with van der Waals surface area (Å²) in [5.74, 6) is -0.857. The second-order valence-corrected chi connectivity index (χ2v) is 23.1. The number of ether oxygens (including phenoxy) is 3. The Bertz CT molecular complexity index is 1390. The SMILES string of the molecule is CC/C=C\C/C=C\C/C=C\C/C=C\CCCCCCCCCCCCCCCCCCCCC(=O)OCC(COC(=O)CCCCCCC/C=C\CCCC)OC(=O)CCCCCCCCCCCCCCCCCCCC. The number of hydrogen-bond acceptors (Lipinski definition) is 6. The standard InChI is InChI=1S/C72H130O6/c1-4-7-10-13-16-19-22-24-26-28-30-31-32-33-34-35-36-37-38-39-40-41-42-44-45-47-50-53-56-59-62-65-71(74)77-68-69(67-76-70(73)64-61-58-55-52-49-21-18-15-12-9-6-3)78-72(75)66-63-60-57-54-51-48-46-43-29-27-25-23-20-17-14-11-8-5-2/h7,10,15-16,18-19,24,26,30-31,69H,4-6,8-9,11-14,17,20-23,25,27-29,32-68H2,1-3H3/b10-7-,18-15-,19-16-,26-24-,31-30-. The van der Waals surface area contributed by atoms with Crippen molar-refractivity contribution in [3.05, 3.63) is 60.8 Å². The van der Waals surface area contributed by atoms with Crippen LogP contribution in [0.15, 0.2) is 60.8 Å². The van der Waals surface area contributed by atoms with Crippen LogP contribution < -0.4 is 0 Å². The van der Waals surface area contributed by atoms with Gasteiger partial charge in [-0.1, -0.05) is 326 Å². The van der Waals surface area contributed by atoms with Crippen molar-refractivity contribution < 1.29 is 28.6 Å². The lowest BCUT2D eigenvalue weighted by Gasteiger charge is -2.18. The van der Waals surface area contributed by atoms with Crippen molar-refractivity contribution in [3.8, 4) is 0 Å².